The largest absolute Gasteiger partial charge is 0.389 e. The van der Waals surface area contributed by atoms with Crippen molar-refractivity contribution in [2.45, 2.75) is 39.5 Å². The van der Waals surface area contributed by atoms with Gasteiger partial charge in [0.2, 0.25) is 0 Å². The van der Waals surface area contributed by atoms with E-state index >= 15 is 0 Å². The van der Waals surface area contributed by atoms with E-state index in [2.05, 4.69) is 25.7 Å². The summed E-state index contributed by atoms with van der Waals surface area (Å²) >= 11 is 0. The molecule has 0 unspecified atom stereocenters. The maximum absolute atomic E-state index is 4.09. The highest BCUT2D eigenvalue weighted by atomic mass is 14.9. The molecule has 1 N–H and O–H groups in total. The van der Waals surface area contributed by atoms with Gasteiger partial charge in [0, 0.05) is 19.1 Å². The van der Waals surface area contributed by atoms with Gasteiger partial charge < -0.3 is 5.32 Å². The Morgan fingerprint density at radius 1 is 1.55 bits per heavy atom. The molecule has 0 spiro atoms. The van der Waals surface area contributed by atoms with Crippen LogP contribution in [-0.2, 0) is 0 Å². The summed E-state index contributed by atoms with van der Waals surface area (Å²) in [7, 11) is 0. The Labute approximate surface area is 71.4 Å². The van der Waals surface area contributed by atoms with Gasteiger partial charge in [0.15, 0.2) is 0 Å². The highest BCUT2D eigenvalue weighted by Gasteiger charge is 2.30. The Bertz CT molecular complexity index is 148. The average Bonchev–Trinajstić information content (AvgIpc) is 2.38. The van der Waals surface area contributed by atoms with Crippen LogP contribution in [0, 0.1) is 5.41 Å². The first kappa shape index (κ1) is 8.63. The zero-order valence-electron chi connectivity index (χ0n) is 7.74. The molecule has 0 bridgehead atoms. The zero-order chi connectivity index (χ0) is 8.32. The van der Waals surface area contributed by atoms with Gasteiger partial charge in [-0.25, -0.2) is 0 Å². The molecule has 0 amide bonds. The van der Waals surface area contributed by atoms with Crippen LogP contribution in [-0.4, -0.2) is 6.54 Å². The van der Waals surface area contributed by atoms with Gasteiger partial charge in [-0.1, -0.05) is 26.3 Å². The normalized spacial score (nSPS) is 21.6. The van der Waals surface area contributed by atoms with Gasteiger partial charge in [-0.15, -0.1) is 0 Å². The first-order valence-electron chi connectivity index (χ1n) is 4.62. The molecule has 1 fully saturated rings. The van der Waals surface area contributed by atoms with Crippen LogP contribution in [0.2, 0.25) is 0 Å². The van der Waals surface area contributed by atoms with Crippen LogP contribution in [0.25, 0.3) is 0 Å². The molecule has 1 saturated carbocycles. The van der Waals surface area contributed by atoms with Crippen LogP contribution < -0.4 is 5.32 Å². The minimum absolute atomic E-state index is 0. The maximum Gasteiger partial charge on any atom is 0.0115 e. The molecule has 0 atom stereocenters. The molecule has 0 aromatic heterocycles. The molecule has 0 aromatic rings. The van der Waals surface area contributed by atoms with Crippen molar-refractivity contribution in [1.29, 1.82) is 0 Å². The molecule has 0 aliphatic heterocycles. The summed E-state index contributed by atoms with van der Waals surface area (Å²) in [6.45, 7) is 9.55. The maximum atomic E-state index is 4.09. The summed E-state index contributed by atoms with van der Waals surface area (Å²) in [5.74, 6) is 0. The third-order valence-electron chi connectivity index (χ3n) is 2.83. The van der Waals surface area contributed by atoms with E-state index in [1.807, 2.05) is 0 Å². The minimum atomic E-state index is 0. The number of rotatable bonds is 3. The first-order chi connectivity index (χ1) is 5.19. The van der Waals surface area contributed by atoms with Gasteiger partial charge in [0.1, 0.15) is 0 Å². The summed E-state index contributed by atoms with van der Waals surface area (Å²) in [4.78, 5) is 0. The molecule has 1 rings (SSSR count). The molecular weight excluding hydrogens is 134 g/mol. The third-order valence-corrected chi connectivity index (χ3v) is 2.83. The Balaban J connectivity index is 0.00000121. The van der Waals surface area contributed by atoms with Crippen molar-refractivity contribution in [2.75, 3.05) is 6.54 Å². The van der Waals surface area contributed by atoms with Gasteiger partial charge in [-0.3, -0.25) is 0 Å². The molecule has 1 nitrogen and oxygen atoms in total. The Kier molecular flexibility index (Phi) is 2.58. The second-order valence-electron chi connectivity index (χ2n) is 3.78. The van der Waals surface area contributed by atoms with E-state index in [1.165, 1.54) is 31.4 Å². The van der Waals surface area contributed by atoms with Crippen LogP contribution in [0.1, 0.15) is 41.0 Å². The molecule has 66 valence electrons. The van der Waals surface area contributed by atoms with Crippen molar-refractivity contribution in [3.63, 3.8) is 0 Å². The average molecular weight is 155 g/mol. The van der Waals surface area contributed by atoms with Crippen LogP contribution in [0.15, 0.2) is 12.3 Å². The van der Waals surface area contributed by atoms with E-state index in [9.17, 15) is 0 Å². The zero-order valence-corrected chi connectivity index (χ0v) is 7.74. The van der Waals surface area contributed by atoms with E-state index < -0.39 is 0 Å². The topological polar surface area (TPSA) is 12.0 Å². The summed E-state index contributed by atoms with van der Waals surface area (Å²) in [6.07, 6.45) is 5.39. The smallest absolute Gasteiger partial charge is 0.0115 e. The van der Waals surface area contributed by atoms with Crippen LogP contribution >= 0.6 is 0 Å². The molecule has 1 heteroatoms. The van der Waals surface area contributed by atoms with Crippen molar-refractivity contribution in [3.8, 4) is 0 Å². The fraction of sp³-hybridized carbons (Fsp3) is 0.800. The predicted octanol–water partition coefficient (Wildman–Crippen LogP) is 2.94. The molecule has 0 aromatic carbocycles. The minimum Gasteiger partial charge on any atom is -0.389 e. The van der Waals surface area contributed by atoms with Crippen molar-refractivity contribution >= 4 is 0 Å². The SMILES string of the molecule is C=C(NCC)C1(C)CCCC1.[HH]. The molecule has 1 aliphatic carbocycles. The lowest BCUT2D eigenvalue weighted by Crippen LogP contribution is -2.25. The van der Waals surface area contributed by atoms with E-state index in [1.54, 1.807) is 0 Å². The second-order valence-corrected chi connectivity index (χ2v) is 3.78. The Hall–Kier alpha value is -0.460. The van der Waals surface area contributed by atoms with Crippen molar-refractivity contribution in [2.24, 2.45) is 5.41 Å². The van der Waals surface area contributed by atoms with E-state index in [4.69, 9.17) is 0 Å². The van der Waals surface area contributed by atoms with Crippen molar-refractivity contribution < 1.29 is 1.43 Å². The van der Waals surface area contributed by atoms with Gasteiger partial charge in [0.25, 0.3) is 0 Å². The number of hydrogen-bond acceptors (Lipinski definition) is 1. The van der Waals surface area contributed by atoms with Crippen LogP contribution in [0.5, 0.6) is 0 Å². The second kappa shape index (κ2) is 3.29. The van der Waals surface area contributed by atoms with Crippen LogP contribution in [0.4, 0.5) is 0 Å². The third kappa shape index (κ3) is 1.76. The fourth-order valence-corrected chi connectivity index (χ4v) is 1.88. The van der Waals surface area contributed by atoms with Gasteiger partial charge in [-0.2, -0.15) is 0 Å². The summed E-state index contributed by atoms with van der Waals surface area (Å²) in [5.41, 5.74) is 1.65. The lowest BCUT2D eigenvalue weighted by Gasteiger charge is -2.26. The monoisotopic (exact) mass is 155 g/mol. The van der Waals surface area contributed by atoms with E-state index in [-0.39, 0.29) is 1.43 Å². The highest BCUT2D eigenvalue weighted by Crippen LogP contribution is 2.41. The molecule has 0 saturated heterocycles. The lowest BCUT2D eigenvalue weighted by atomic mass is 9.85. The predicted molar refractivity (Wildman–Crippen MR) is 51.5 cm³/mol. The lowest BCUT2D eigenvalue weighted by molar-refractivity contribution is 0.388. The van der Waals surface area contributed by atoms with E-state index in [0.717, 1.165) is 6.54 Å². The summed E-state index contributed by atoms with van der Waals surface area (Å²) in [6, 6.07) is 0. The van der Waals surface area contributed by atoms with Crippen LogP contribution in [0.3, 0.4) is 0 Å². The first-order valence-corrected chi connectivity index (χ1v) is 4.62. The van der Waals surface area contributed by atoms with Crippen molar-refractivity contribution in [3.05, 3.63) is 12.3 Å². The van der Waals surface area contributed by atoms with Gasteiger partial charge in [-0.05, 0) is 19.8 Å². The Morgan fingerprint density at radius 2 is 2.09 bits per heavy atom. The molecule has 11 heavy (non-hydrogen) atoms. The van der Waals surface area contributed by atoms with E-state index in [0.29, 0.717) is 5.41 Å². The molecule has 0 radical (unpaired) electrons. The molecule has 0 heterocycles. The summed E-state index contributed by atoms with van der Waals surface area (Å²) < 4.78 is 0. The Morgan fingerprint density at radius 3 is 2.55 bits per heavy atom. The van der Waals surface area contributed by atoms with Gasteiger partial charge >= 0.3 is 0 Å². The molecular formula is C10H21N. The standard InChI is InChI=1S/C10H19N.H2/c1-4-11-9(2)10(3)7-5-6-8-10;/h11H,2,4-8H2,1,3H3;1H. The quantitative estimate of drug-likeness (QED) is 0.660. The summed E-state index contributed by atoms with van der Waals surface area (Å²) in [5, 5.41) is 3.33. The van der Waals surface area contributed by atoms with Gasteiger partial charge in [0.05, 0.1) is 0 Å². The molecule has 1 aliphatic rings. The highest BCUT2D eigenvalue weighted by molar-refractivity contribution is 5.08. The fourth-order valence-electron chi connectivity index (χ4n) is 1.88. The van der Waals surface area contributed by atoms with Crippen molar-refractivity contribution in [1.82, 2.24) is 5.32 Å². The number of nitrogens with one attached hydrogen (secondary N) is 1. The number of hydrogen-bond donors (Lipinski definition) is 1. The number of allylic oxidation sites excluding steroid dienone is 1.